The molecule has 0 fully saturated rings. The average Bonchev–Trinajstić information content (AvgIpc) is 3.24. The van der Waals surface area contributed by atoms with E-state index in [0.29, 0.717) is 22.9 Å². The van der Waals surface area contributed by atoms with Crippen molar-refractivity contribution in [3.05, 3.63) is 83.8 Å². The topological polar surface area (TPSA) is 96.8 Å². The fourth-order valence-corrected chi connectivity index (χ4v) is 3.14. The molecule has 0 unspecified atom stereocenters. The van der Waals surface area contributed by atoms with Crippen LogP contribution in [0.1, 0.15) is 21.5 Å². The van der Waals surface area contributed by atoms with Gasteiger partial charge in [0.15, 0.2) is 5.82 Å². The molecule has 4 aromatic rings. The Morgan fingerprint density at radius 1 is 1.00 bits per heavy atom. The van der Waals surface area contributed by atoms with Crippen LogP contribution in [0.2, 0.25) is 0 Å². The largest absolute Gasteiger partial charge is 0.373 e. The summed E-state index contributed by atoms with van der Waals surface area (Å²) in [4.78, 5) is 21.1. The maximum Gasteiger partial charge on any atom is 0.255 e. The number of aromatic nitrogens is 4. The third kappa shape index (κ3) is 4.53. The SMILES string of the molecule is CNc1cc(-n2nccc2Nc2cc(NC(=O)c3cccc(C)c3)ccc2C)ncn1. The molecule has 0 saturated heterocycles. The number of nitrogens with one attached hydrogen (secondary N) is 3. The van der Waals surface area contributed by atoms with Crippen LogP contribution in [0.4, 0.5) is 23.0 Å². The van der Waals surface area contributed by atoms with E-state index in [2.05, 4.69) is 31.0 Å². The Morgan fingerprint density at radius 2 is 1.87 bits per heavy atom. The van der Waals surface area contributed by atoms with Crippen molar-refractivity contribution >= 4 is 28.9 Å². The minimum atomic E-state index is -0.149. The lowest BCUT2D eigenvalue weighted by Gasteiger charge is -2.14. The molecule has 0 aliphatic heterocycles. The fraction of sp³-hybridized carbons (Fsp3) is 0.130. The second-order valence-electron chi connectivity index (χ2n) is 7.12. The van der Waals surface area contributed by atoms with Crippen LogP contribution in [0.3, 0.4) is 0 Å². The van der Waals surface area contributed by atoms with Gasteiger partial charge in [0.05, 0.1) is 6.20 Å². The number of anilines is 4. The lowest BCUT2D eigenvalue weighted by Crippen LogP contribution is -2.12. The predicted octanol–water partition coefficient (Wildman–Crippen LogP) is 4.32. The van der Waals surface area contributed by atoms with Crippen molar-refractivity contribution in [3.8, 4) is 5.82 Å². The predicted molar refractivity (Wildman–Crippen MR) is 122 cm³/mol. The van der Waals surface area contributed by atoms with Gasteiger partial charge in [0.25, 0.3) is 5.91 Å². The van der Waals surface area contributed by atoms with Crippen LogP contribution in [0.15, 0.2) is 67.1 Å². The van der Waals surface area contributed by atoms with Crippen molar-refractivity contribution in [2.24, 2.45) is 0 Å². The number of hydrogen-bond acceptors (Lipinski definition) is 6. The summed E-state index contributed by atoms with van der Waals surface area (Å²) in [6.45, 7) is 3.96. The summed E-state index contributed by atoms with van der Waals surface area (Å²) in [5.74, 6) is 1.92. The van der Waals surface area contributed by atoms with E-state index in [0.717, 1.165) is 22.6 Å². The Hall–Kier alpha value is -4.20. The first-order chi connectivity index (χ1) is 15.0. The van der Waals surface area contributed by atoms with Crippen LogP contribution < -0.4 is 16.0 Å². The van der Waals surface area contributed by atoms with E-state index in [9.17, 15) is 4.79 Å². The van der Waals surface area contributed by atoms with Crippen LogP contribution in [0, 0.1) is 13.8 Å². The second-order valence-corrected chi connectivity index (χ2v) is 7.12. The first-order valence-electron chi connectivity index (χ1n) is 9.83. The van der Waals surface area contributed by atoms with Crippen molar-refractivity contribution in [2.75, 3.05) is 23.0 Å². The average molecular weight is 413 g/mol. The van der Waals surface area contributed by atoms with E-state index in [1.165, 1.54) is 6.33 Å². The van der Waals surface area contributed by atoms with Gasteiger partial charge in [-0.2, -0.15) is 9.78 Å². The summed E-state index contributed by atoms with van der Waals surface area (Å²) in [7, 11) is 1.80. The first-order valence-corrected chi connectivity index (χ1v) is 9.83. The van der Waals surface area contributed by atoms with Crippen molar-refractivity contribution in [3.63, 3.8) is 0 Å². The molecular formula is C23H23N7O. The summed E-state index contributed by atoms with van der Waals surface area (Å²) in [5, 5.41) is 13.7. The van der Waals surface area contributed by atoms with E-state index >= 15 is 0 Å². The molecule has 8 nitrogen and oxygen atoms in total. The molecule has 1 amide bonds. The highest BCUT2D eigenvalue weighted by atomic mass is 16.1. The van der Waals surface area contributed by atoms with Crippen LogP contribution in [0.25, 0.3) is 5.82 Å². The minimum absolute atomic E-state index is 0.149. The molecule has 8 heteroatoms. The zero-order chi connectivity index (χ0) is 21.8. The highest BCUT2D eigenvalue weighted by molar-refractivity contribution is 6.04. The number of carbonyl (C=O) groups is 1. The van der Waals surface area contributed by atoms with E-state index in [-0.39, 0.29) is 5.91 Å². The van der Waals surface area contributed by atoms with Gasteiger partial charge in [-0.05, 0) is 43.7 Å². The summed E-state index contributed by atoms with van der Waals surface area (Å²) in [6, 6.07) is 16.9. The number of aryl methyl sites for hydroxylation is 2. The standard InChI is InChI=1S/C23H23N7O/c1-15-5-4-6-17(11-15)23(31)28-18-8-7-16(2)19(12-18)29-21-9-10-27-30(21)22-13-20(24-3)25-14-26-22/h4-14,29H,1-3H3,(H,28,31)(H,24,25,26). The summed E-state index contributed by atoms with van der Waals surface area (Å²) in [5.41, 5.74) is 4.24. The molecule has 0 saturated carbocycles. The summed E-state index contributed by atoms with van der Waals surface area (Å²) >= 11 is 0. The molecule has 2 heterocycles. The maximum absolute atomic E-state index is 12.6. The van der Waals surface area contributed by atoms with Gasteiger partial charge in [-0.15, -0.1) is 0 Å². The molecule has 0 aliphatic rings. The molecule has 3 N–H and O–H groups in total. The second kappa shape index (κ2) is 8.66. The van der Waals surface area contributed by atoms with Crippen LogP contribution in [-0.4, -0.2) is 32.7 Å². The molecule has 0 spiro atoms. The number of hydrogen-bond donors (Lipinski definition) is 3. The lowest BCUT2D eigenvalue weighted by molar-refractivity contribution is 0.102. The number of carbonyl (C=O) groups excluding carboxylic acids is 1. The monoisotopic (exact) mass is 413 g/mol. The van der Waals surface area contributed by atoms with Crippen molar-refractivity contribution in [2.45, 2.75) is 13.8 Å². The highest BCUT2D eigenvalue weighted by Gasteiger charge is 2.11. The molecule has 4 rings (SSSR count). The maximum atomic E-state index is 12.6. The zero-order valence-corrected chi connectivity index (χ0v) is 17.5. The molecule has 0 atom stereocenters. The van der Waals surface area contributed by atoms with E-state index in [1.807, 2.05) is 62.4 Å². The molecule has 0 radical (unpaired) electrons. The molecule has 0 aliphatic carbocycles. The minimum Gasteiger partial charge on any atom is -0.373 e. The van der Waals surface area contributed by atoms with Gasteiger partial charge in [0.2, 0.25) is 0 Å². The highest BCUT2D eigenvalue weighted by Crippen LogP contribution is 2.26. The fourth-order valence-electron chi connectivity index (χ4n) is 3.14. The third-order valence-electron chi connectivity index (χ3n) is 4.81. The summed E-state index contributed by atoms with van der Waals surface area (Å²) < 4.78 is 1.69. The van der Waals surface area contributed by atoms with Gasteiger partial charge in [0, 0.05) is 36.1 Å². The van der Waals surface area contributed by atoms with Crippen LogP contribution in [-0.2, 0) is 0 Å². The third-order valence-corrected chi connectivity index (χ3v) is 4.81. The number of nitrogens with zero attached hydrogens (tertiary/aromatic N) is 4. The lowest BCUT2D eigenvalue weighted by atomic mass is 10.1. The molecular weight excluding hydrogens is 390 g/mol. The normalized spacial score (nSPS) is 10.5. The Bertz CT molecular complexity index is 1230. The van der Waals surface area contributed by atoms with Gasteiger partial charge < -0.3 is 16.0 Å². The van der Waals surface area contributed by atoms with Gasteiger partial charge in [-0.3, -0.25) is 4.79 Å². The number of benzene rings is 2. The number of amides is 1. The first kappa shape index (κ1) is 20.1. The summed E-state index contributed by atoms with van der Waals surface area (Å²) in [6.07, 6.45) is 3.18. The van der Waals surface area contributed by atoms with Gasteiger partial charge in [-0.25, -0.2) is 9.97 Å². The zero-order valence-electron chi connectivity index (χ0n) is 17.5. The quantitative estimate of drug-likeness (QED) is 0.436. The van der Waals surface area contributed by atoms with E-state index in [1.54, 1.807) is 24.0 Å². The van der Waals surface area contributed by atoms with Crippen molar-refractivity contribution < 1.29 is 4.79 Å². The Morgan fingerprint density at radius 3 is 2.68 bits per heavy atom. The van der Waals surface area contributed by atoms with Gasteiger partial charge >= 0.3 is 0 Å². The molecule has 31 heavy (non-hydrogen) atoms. The number of rotatable bonds is 6. The van der Waals surface area contributed by atoms with E-state index in [4.69, 9.17) is 0 Å². The van der Waals surface area contributed by atoms with Crippen LogP contribution in [0.5, 0.6) is 0 Å². The Balaban J connectivity index is 1.58. The molecule has 156 valence electrons. The molecule has 2 aromatic heterocycles. The van der Waals surface area contributed by atoms with Crippen LogP contribution >= 0.6 is 0 Å². The van der Waals surface area contributed by atoms with Crippen molar-refractivity contribution in [1.29, 1.82) is 0 Å². The van der Waals surface area contributed by atoms with Gasteiger partial charge in [-0.1, -0.05) is 23.8 Å². The van der Waals surface area contributed by atoms with E-state index < -0.39 is 0 Å². The van der Waals surface area contributed by atoms with Crippen molar-refractivity contribution in [1.82, 2.24) is 19.7 Å². The molecule has 2 aromatic carbocycles. The Labute approximate surface area is 180 Å². The smallest absolute Gasteiger partial charge is 0.255 e. The van der Waals surface area contributed by atoms with Gasteiger partial charge in [0.1, 0.15) is 18.0 Å². The Kier molecular flexibility index (Phi) is 5.61. The molecule has 0 bridgehead atoms.